The molecule has 0 aliphatic carbocycles. The van der Waals surface area contributed by atoms with E-state index in [4.69, 9.17) is 0 Å². The Kier molecular flexibility index (Phi) is 4.31. The lowest BCUT2D eigenvalue weighted by Crippen LogP contribution is -2.31. The van der Waals surface area contributed by atoms with Crippen molar-refractivity contribution in [2.24, 2.45) is 0 Å². The lowest BCUT2D eigenvalue weighted by atomic mass is 10.1. The minimum absolute atomic E-state index is 0.0157. The van der Waals surface area contributed by atoms with Gasteiger partial charge in [-0.3, -0.25) is 9.78 Å². The number of aromatic nitrogens is 1. The highest BCUT2D eigenvalue weighted by atomic mass is 16.1. The lowest BCUT2D eigenvalue weighted by molar-refractivity contribution is 0.0951. The average Bonchev–Trinajstić information content (AvgIpc) is 2.81. The Bertz CT molecular complexity index is 425. The van der Waals surface area contributed by atoms with Crippen LogP contribution < -0.4 is 10.6 Å². The SMILES string of the molecule is Cc1ccc(C(=O)NCC[C@@H]2CCCN2)c(C)n1. The Hall–Kier alpha value is -1.42. The molecule has 1 aliphatic rings. The normalized spacial score (nSPS) is 18.9. The van der Waals surface area contributed by atoms with Crippen molar-refractivity contribution in [1.29, 1.82) is 0 Å². The average molecular weight is 247 g/mol. The van der Waals surface area contributed by atoms with E-state index in [1.807, 2.05) is 26.0 Å². The molecule has 1 amide bonds. The van der Waals surface area contributed by atoms with E-state index < -0.39 is 0 Å². The van der Waals surface area contributed by atoms with E-state index in [1.54, 1.807) is 0 Å². The summed E-state index contributed by atoms with van der Waals surface area (Å²) in [7, 11) is 0. The maximum Gasteiger partial charge on any atom is 0.253 e. The topological polar surface area (TPSA) is 54.0 Å². The number of nitrogens with one attached hydrogen (secondary N) is 2. The largest absolute Gasteiger partial charge is 0.352 e. The van der Waals surface area contributed by atoms with Crippen LogP contribution in [0.1, 0.15) is 41.0 Å². The fraction of sp³-hybridized carbons (Fsp3) is 0.571. The predicted molar refractivity (Wildman–Crippen MR) is 71.7 cm³/mol. The van der Waals surface area contributed by atoms with Crippen LogP contribution in [0.2, 0.25) is 0 Å². The van der Waals surface area contributed by atoms with E-state index in [0.29, 0.717) is 11.6 Å². The highest BCUT2D eigenvalue weighted by molar-refractivity contribution is 5.95. The zero-order valence-corrected chi connectivity index (χ0v) is 11.1. The number of hydrogen-bond donors (Lipinski definition) is 2. The zero-order chi connectivity index (χ0) is 13.0. The van der Waals surface area contributed by atoms with Crippen molar-refractivity contribution >= 4 is 5.91 Å². The minimum atomic E-state index is -0.0157. The summed E-state index contributed by atoms with van der Waals surface area (Å²) in [6.45, 7) is 5.64. The van der Waals surface area contributed by atoms with Gasteiger partial charge in [-0.25, -0.2) is 0 Å². The standard InChI is InChI=1S/C14H21N3O/c1-10-5-6-13(11(2)17-10)14(18)16-9-7-12-4-3-8-15-12/h5-6,12,15H,3-4,7-9H2,1-2H3,(H,16,18)/t12-/m0/s1. The fourth-order valence-corrected chi connectivity index (χ4v) is 2.38. The van der Waals surface area contributed by atoms with E-state index in [0.717, 1.165) is 30.9 Å². The molecular weight excluding hydrogens is 226 g/mol. The first-order valence-corrected chi connectivity index (χ1v) is 6.62. The molecule has 1 aromatic heterocycles. The quantitative estimate of drug-likeness (QED) is 0.849. The van der Waals surface area contributed by atoms with Crippen LogP contribution in [0.4, 0.5) is 0 Å². The summed E-state index contributed by atoms with van der Waals surface area (Å²) in [5, 5.41) is 6.39. The van der Waals surface area contributed by atoms with Crippen molar-refractivity contribution in [2.75, 3.05) is 13.1 Å². The molecule has 2 heterocycles. The Balaban J connectivity index is 1.83. The molecule has 1 saturated heterocycles. The Labute approximate surface area is 108 Å². The van der Waals surface area contributed by atoms with Gasteiger partial charge in [-0.2, -0.15) is 0 Å². The van der Waals surface area contributed by atoms with Crippen LogP contribution in [0.5, 0.6) is 0 Å². The second-order valence-electron chi connectivity index (χ2n) is 4.92. The van der Waals surface area contributed by atoms with Gasteiger partial charge in [-0.15, -0.1) is 0 Å². The molecule has 2 N–H and O–H groups in total. The van der Waals surface area contributed by atoms with Gasteiger partial charge in [0.05, 0.1) is 11.3 Å². The van der Waals surface area contributed by atoms with Gasteiger partial charge in [0.2, 0.25) is 0 Å². The lowest BCUT2D eigenvalue weighted by Gasteiger charge is -2.11. The molecule has 0 radical (unpaired) electrons. The fourth-order valence-electron chi connectivity index (χ4n) is 2.38. The van der Waals surface area contributed by atoms with Crippen LogP contribution in [-0.2, 0) is 0 Å². The molecule has 1 atom stereocenters. The molecule has 1 aromatic rings. The summed E-state index contributed by atoms with van der Waals surface area (Å²) in [5.74, 6) is -0.0157. The van der Waals surface area contributed by atoms with Gasteiger partial charge in [0.15, 0.2) is 0 Å². The molecule has 0 unspecified atom stereocenters. The second-order valence-corrected chi connectivity index (χ2v) is 4.92. The van der Waals surface area contributed by atoms with Crippen molar-refractivity contribution in [1.82, 2.24) is 15.6 Å². The van der Waals surface area contributed by atoms with Gasteiger partial charge in [0.25, 0.3) is 5.91 Å². The number of rotatable bonds is 4. The summed E-state index contributed by atoms with van der Waals surface area (Å²) >= 11 is 0. The molecule has 18 heavy (non-hydrogen) atoms. The highest BCUT2D eigenvalue weighted by Crippen LogP contribution is 2.09. The summed E-state index contributed by atoms with van der Waals surface area (Å²) in [6.07, 6.45) is 3.48. The molecule has 2 rings (SSSR count). The number of hydrogen-bond acceptors (Lipinski definition) is 3. The van der Waals surface area contributed by atoms with E-state index in [9.17, 15) is 4.79 Å². The Morgan fingerprint density at radius 3 is 3.00 bits per heavy atom. The number of carbonyl (C=O) groups excluding carboxylic acids is 1. The van der Waals surface area contributed by atoms with E-state index in [1.165, 1.54) is 12.8 Å². The van der Waals surface area contributed by atoms with Gasteiger partial charge in [0, 0.05) is 18.3 Å². The van der Waals surface area contributed by atoms with Crippen LogP contribution in [0, 0.1) is 13.8 Å². The number of carbonyl (C=O) groups is 1. The summed E-state index contributed by atoms with van der Waals surface area (Å²) < 4.78 is 0. The third-order valence-corrected chi connectivity index (χ3v) is 3.41. The zero-order valence-electron chi connectivity index (χ0n) is 11.1. The highest BCUT2D eigenvalue weighted by Gasteiger charge is 2.14. The molecule has 0 spiro atoms. The van der Waals surface area contributed by atoms with Crippen molar-refractivity contribution in [3.05, 3.63) is 29.1 Å². The predicted octanol–water partition coefficient (Wildman–Crippen LogP) is 1.57. The van der Waals surface area contributed by atoms with Gasteiger partial charge >= 0.3 is 0 Å². The van der Waals surface area contributed by atoms with Gasteiger partial charge in [-0.05, 0) is 51.8 Å². The molecule has 4 nitrogen and oxygen atoms in total. The van der Waals surface area contributed by atoms with Crippen LogP contribution in [0.3, 0.4) is 0 Å². The smallest absolute Gasteiger partial charge is 0.253 e. The van der Waals surface area contributed by atoms with Crippen LogP contribution in [0.15, 0.2) is 12.1 Å². The second kappa shape index (κ2) is 5.96. The monoisotopic (exact) mass is 247 g/mol. The first-order chi connectivity index (χ1) is 8.66. The summed E-state index contributed by atoms with van der Waals surface area (Å²) in [5.41, 5.74) is 2.42. The third kappa shape index (κ3) is 3.29. The first-order valence-electron chi connectivity index (χ1n) is 6.62. The number of nitrogens with zero attached hydrogens (tertiary/aromatic N) is 1. The first kappa shape index (κ1) is 13.0. The van der Waals surface area contributed by atoms with E-state index in [2.05, 4.69) is 15.6 Å². The molecule has 1 aliphatic heterocycles. The molecule has 0 aromatic carbocycles. The molecule has 0 saturated carbocycles. The van der Waals surface area contributed by atoms with Gasteiger partial charge in [0.1, 0.15) is 0 Å². The van der Waals surface area contributed by atoms with Gasteiger partial charge < -0.3 is 10.6 Å². The number of aryl methyl sites for hydroxylation is 2. The maximum atomic E-state index is 12.0. The number of pyridine rings is 1. The third-order valence-electron chi connectivity index (χ3n) is 3.41. The molecule has 1 fully saturated rings. The molecule has 4 heteroatoms. The van der Waals surface area contributed by atoms with E-state index in [-0.39, 0.29) is 5.91 Å². The van der Waals surface area contributed by atoms with Crippen molar-refractivity contribution in [3.8, 4) is 0 Å². The van der Waals surface area contributed by atoms with Crippen LogP contribution >= 0.6 is 0 Å². The molecular formula is C14H21N3O. The van der Waals surface area contributed by atoms with Crippen molar-refractivity contribution < 1.29 is 4.79 Å². The Morgan fingerprint density at radius 2 is 2.33 bits per heavy atom. The van der Waals surface area contributed by atoms with Crippen LogP contribution in [-0.4, -0.2) is 30.0 Å². The summed E-state index contributed by atoms with van der Waals surface area (Å²) in [4.78, 5) is 16.3. The maximum absolute atomic E-state index is 12.0. The minimum Gasteiger partial charge on any atom is -0.352 e. The van der Waals surface area contributed by atoms with Gasteiger partial charge in [-0.1, -0.05) is 0 Å². The van der Waals surface area contributed by atoms with Crippen LogP contribution in [0.25, 0.3) is 0 Å². The number of amides is 1. The van der Waals surface area contributed by atoms with E-state index >= 15 is 0 Å². The molecule has 98 valence electrons. The molecule has 0 bridgehead atoms. The Morgan fingerprint density at radius 1 is 1.50 bits per heavy atom. The van der Waals surface area contributed by atoms with Crippen molar-refractivity contribution in [3.63, 3.8) is 0 Å². The summed E-state index contributed by atoms with van der Waals surface area (Å²) in [6, 6.07) is 4.30. The van der Waals surface area contributed by atoms with Crippen molar-refractivity contribution in [2.45, 2.75) is 39.2 Å².